The summed E-state index contributed by atoms with van der Waals surface area (Å²) in [6.45, 7) is 6.60. The molecular formula is C11H21NOS. The highest BCUT2D eigenvalue weighted by Crippen LogP contribution is 2.27. The molecule has 0 amide bonds. The van der Waals surface area contributed by atoms with E-state index in [0.717, 1.165) is 37.3 Å². The van der Waals surface area contributed by atoms with Crippen molar-refractivity contribution >= 4 is 11.8 Å². The summed E-state index contributed by atoms with van der Waals surface area (Å²) >= 11 is 1.84. The van der Waals surface area contributed by atoms with Gasteiger partial charge in [-0.3, -0.25) is 0 Å². The van der Waals surface area contributed by atoms with Gasteiger partial charge in [0.15, 0.2) is 0 Å². The molecule has 0 unspecified atom stereocenters. The van der Waals surface area contributed by atoms with E-state index in [9.17, 15) is 5.11 Å². The molecule has 0 aromatic carbocycles. The van der Waals surface area contributed by atoms with Gasteiger partial charge in [-0.25, -0.2) is 0 Å². The fourth-order valence-electron chi connectivity index (χ4n) is 1.57. The van der Waals surface area contributed by atoms with E-state index >= 15 is 0 Å². The fraction of sp³-hybridized carbons (Fsp3) is 0.818. The van der Waals surface area contributed by atoms with Crippen LogP contribution in [0.4, 0.5) is 0 Å². The van der Waals surface area contributed by atoms with Crippen LogP contribution in [0.1, 0.15) is 26.2 Å². The Morgan fingerprint density at radius 3 is 3.07 bits per heavy atom. The lowest BCUT2D eigenvalue weighted by Crippen LogP contribution is -2.43. The third-order valence-electron chi connectivity index (χ3n) is 2.67. The number of aliphatic hydroxyl groups is 1. The van der Waals surface area contributed by atoms with Crippen molar-refractivity contribution in [3.05, 3.63) is 12.7 Å². The Morgan fingerprint density at radius 1 is 1.71 bits per heavy atom. The highest BCUT2D eigenvalue weighted by Gasteiger charge is 2.31. The molecule has 0 aliphatic carbocycles. The van der Waals surface area contributed by atoms with Gasteiger partial charge in [-0.05, 0) is 31.9 Å². The maximum absolute atomic E-state index is 10.1. The van der Waals surface area contributed by atoms with E-state index in [1.54, 1.807) is 0 Å². The number of thioether (sulfide) groups is 1. The van der Waals surface area contributed by atoms with E-state index in [0.29, 0.717) is 6.04 Å². The molecule has 1 aliphatic heterocycles. The van der Waals surface area contributed by atoms with E-state index in [-0.39, 0.29) is 0 Å². The first-order valence-corrected chi connectivity index (χ1v) is 6.46. The molecule has 0 saturated carbocycles. The quantitative estimate of drug-likeness (QED) is 0.663. The van der Waals surface area contributed by atoms with Crippen molar-refractivity contribution in [2.75, 3.05) is 18.1 Å². The molecule has 0 radical (unpaired) electrons. The van der Waals surface area contributed by atoms with Crippen LogP contribution in [0, 0.1) is 0 Å². The average molecular weight is 215 g/mol. The smallest absolute Gasteiger partial charge is 0.0869 e. The number of rotatable bonds is 6. The van der Waals surface area contributed by atoms with E-state index in [2.05, 4.69) is 18.8 Å². The van der Waals surface area contributed by atoms with Gasteiger partial charge in [-0.1, -0.05) is 6.08 Å². The van der Waals surface area contributed by atoms with Crippen LogP contribution in [0.5, 0.6) is 0 Å². The second-order valence-corrected chi connectivity index (χ2v) is 5.28. The van der Waals surface area contributed by atoms with Gasteiger partial charge in [0, 0.05) is 18.3 Å². The van der Waals surface area contributed by atoms with Gasteiger partial charge in [0.1, 0.15) is 0 Å². The van der Waals surface area contributed by atoms with Gasteiger partial charge in [0.2, 0.25) is 0 Å². The molecule has 82 valence electrons. The normalized spacial score (nSPS) is 29.0. The minimum absolute atomic E-state index is 0.451. The highest BCUT2D eigenvalue weighted by molar-refractivity contribution is 7.99. The summed E-state index contributed by atoms with van der Waals surface area (Å²) in [6, 6.07) is 0.475. The molecule has 14 heavy (non-hydrogen) atoms. The van der Waals surface area contributed by atoms with Gasteiger partial charge in [0.25, 0.3) is 0 Å². The molecule has 1 rings (SSSR count). The van der Waals surface area contributed by atoms with Crippen LogP contribution in [-0.4, -0.2) is 34.8 Å². The van der Waals surface area contributed by atoms with E-state index in [1.807, 2.05) is 17.8 Å². The second-order valence-electron chi connectivity index (χ2n) is 4.17. The predicted octanol–water partition coefficient (Wildman–Crippen LogP) is 1.80. The van der Waals surface area contributed by atoms with Gasteiger partial charge in [-0.15, -0.1) is 6.58 Å². The molecule has 2 nitrogen and oxygen atoms in total. The molecule has 0 bridgehead atoms. The van der Waals surface area contributed by atoms with Crippen LogP contribution < -0.4 is 5.32 Å². The minimum atomic E-state index is -0.451. The Bertz CT molecular complexity index is 178. The van der Waals surface area contributed by atoms with Crippen molar-refractivity contribution in [3.8, 4) is 0 Å². The van der Waals surface area contributed by atoms with Gasteiger partial charge < -0.3 is 10.4 Å². The van der Waals surface area contributed by atoms with Crippen LogP contribution >= 0.6 is 11.8 Å². The van der Waals surface area contributed by atoms with Crippen molar-refractivity contribution in [2.24, 2.45) is 0 Å². The van der Waals surface area contributed by atoms with Crippen molar-refractivity contribution in [1.82, 2.24) is 5.32 Å². The summed E-state index contributed by atoms with van der Waals surface area (Å²) < 4.78 is 0. The van der Waals surface area contributed by atoms with Crippen LogP contribution in [-0.2, 0) is 0 Å². The van der Waals surface area contributed by atoms with E-state index < -0.39 is 5.60 Å². The summed E-state index contributed by atoms with van der Waals surface area (Å²) in [5.74, 6) is 1.98. The molecule has 1 fully saturated rings. The maximum atomic E-state index is 10.1. The zero-order valence-corrected chi connectivity index (χ0v) is 9.78. The predicted molar refractivity (Wildman–Crippen MR) is 63.8 cm³/mol. The first-order chi connectivity index (χ1) is 6.66. The summed E-state index contributed by atoms with van der Waals surface area (Å²) in [7, 11) is 0. The summed E-state index contributed by atoms with van der Waals surface area (Å²) in [5.41, 5.74) is -0.451. The minimum Gasteiger partial charge on any atom is -0.388 e. The summed E-state index contributed by atoms with van der Waals surface area (Å²) in [5, 5.41) is 13.5. The lowest BCUT2D eigenvalue weighted by atomic mass is 10.0. The first-order valence-electron chi connectivity index (χ1n) is 5.31. The number of nitrogens with one attached hydrogen (secondary N) is 1. The maximum Gasteiger partial charge on any atom is 0.0869 e. The summed E-state index contributed by atoms with van der Waals surface area (Å²) in [6.07, 6.45) is 5.02. The van der Waals surface area contributed by atoms with E-state index in [1.165, 1.54) is 0 Å². The third-order valence-corrected chi connectivity index (χ3v) is 3.90. The molecule has 1 saturated heterocycles. The molecule has 0 aromatic rings. The van der Waals surface area contributed by atoms with E-state index in [4.69, 9.17) is 0 Å². The van der Waals surface area contributed by atoms with Crippen molar-refractivity contribution in [2.45, 2.75) is 37.8 Å². The van der Waals surface area contributed by atoms with Crippen molar-refractivity contribution in [3.63, 3.8) is 0 Å². The van der Waals surface area contributed by atoms with Crippen LogP contribution in [0.25, 0.3) is 0 Å². The Morgan fingerprint density at radius 2 is 2.50 bits per heavy atom. The molecule has 1 aliphatic rings. The Labute approximate surface area is 91.2 Å². The molecule has 0 spiro atoms. The Balaban J connectivity index is 2.15. The first kappa shape index (κ1) is 12.1. The summed E-state index contributed by atoms with van der Waals surface area (Å²) in [4.78, 5) is 0. The van der Waals surface area contributed by atoms with Crippen LogP contribution in [0.2, 0.25) is 0 Å². The number of hydrogen-bond acceptors (Lipinski definition) is 3. The average Bonchev–Trinajstić information content (AvgIpc) is 2.60. The zero-order chi connectivity index (χ0) is 10.4. The Kier molecular flexibility index (Phi) is 4.99. The monoisotopic (exact) mass is 215 g/mol. The van der Waals surface area contributed by atoms with Gasteiger partial charge in [-0.2, -0.15) is 11.8 Å². The Hall–Kier alpha value is 0.0100. The zero-order valence-electron chi connectivity index (χ0n) is 8.96. The van der Waals surface area contributed by atoms with Crippen molar-refractivity contribution in [1.29, 1.82) is 0 Å². The molecule has 1 heterocycles. The molecule has 2 N–H and O–H groups in total. The third kappa shape index (κ3) is 4.03. The van der Waals surface area contributed by atoms with Crippen molar-refractivity contribution < 1.29 is 5.11 Å². The molecule has 2 atom stereocenters. The lowest BCUT2D eigenvalue weighted by molar-refractivity contribution is 0.0649. The second kappa shape index (κ2) is 5.79. The topological polar surface area (TPSA) is 32.3 Å². The SMILES string of the molecule is C=CCC[C@H](C)NC[C@@]1(O)CCSC1. The number of allylic oxidation sites excluding steroid dienone is 1. The van der Waals surface area contributed by atoms with Gasteiger partial charge in [0.05, 0.1) is 5.60 Å². The molecule has 3 heteroatoms. The van der Waals surface area contributed by atoms with Gasteiger partial charge >= 0.3 is 0 Å². The standard InChI is InChI=1S/C11H21NOS/c1-3-4-5-10(2)12-8-11(13)6-7-14-9-11/h3,10,12-13H,1,4-9H2,2H3/t10-,11-/m0/s1. The lowest BCUT2D eigenvalue weighted by Gasteiger charge is -2.24. The largest absolute Gasteiger partial charge is 0.388 e. The molecule has 0 aromatic heterocycles. The molecular weight excluding hydrogens is 194 g/mol. The van der Waals surface area contributed by atoms with Crippen LogP contribution in [0.3, 0.4) is 0 Å². The number of hydrogen-bond donors (Lipinski definition) is 2. The van der Waals surface area contributed by atoms with Crippen LogP contribution in [0.15, 0.2) is 12.7 Å². The fourth-order valence-corrected chi connectivity index (χ4v) is 2.87. The highest BCUT2D eigenvalue weighted by atomic mass is 32.2.